The molecule has 7 heteroatoms. The van der Waals surface area contributed by atoms with Gasteiger partial charge in [-0.05, 0) is 35.9 Å². The third-order valence-electron chi connectivity index (χ3n) is 6.11. The minimum absolute atomic E-state index is 0.193. The van der Waals surface area contributed by atoms with E-state index >= 15 is 0 Å². The zero-order chi connectivity index (χ0) is 23.4. The van der Waals surface area contributed by atoms with Crippen molar-refractivity contribution in [3.63, 3.8) is 0 Å². The van der Waals surface area contributed by atoms with Crippen molar-refractivity contribution in [3.8, 4) is 16.1 Å². The minimum atomic E-state index is -0.850. The Balaban J connectivity index is 1.45. The molecule has 34 heavy (non-hydrogen) atoms. The first-order valence-electron chi connectivity index (χ1n) is 10.7. The van der Waals surface area contributed by atoms with Gasteiger partial charge in [-0.15, -0.1) is 11.3 Å². The molecule has 0 atom stereocenters. The average Bonchev–Trinajstić information content (AvgIpc) is 3.47. The zero-order valence-corrected chi connectivity index (χ0v) is 20.0. The highest BCUT2D eigenvalue weighted by atomic mass is 35.5. The quantitative estimate of drug-likeness (QED) is 0.242. The molecule has 4 nitrogen and oxygen atoms in total. The van der Waals surface area contributed by atoms with Gasteiger partial charge in [0.15, 0.2) is 11.6 Å². The number of thiophene rings is 1. The number of rotatable bonds is 4. The molecule has 0 aliphatic heterocycles. The van der Waals surface area contributed by atoms with Crippen LogP contribution < -0.4 is 0 Å². The Morgan fingerprint density at radius 2 is 1.41 bits per heavy atom. The molecule has 0 saturated heterocycles. The molecule has 6 rings (SSSR count). The Hall–Kier alpha value is -3.25. The number of aromatic nitrogens is 2. The molecule has 0 bridgehead atoms. The van der Waals surface area contributed by atoms with Gasteiger partial charge in [-0.1, -0.05) is 71.7 Å². The summed E-state index contributed by atoms with van der Waals surface area (Å²) in [6.45, 7) is 0. The molecule has 1 aliphatic rings. The van der Waals surface area contributed by atoms with Gasteiger partial charge in [0.25, 0.3) is 0 Å². The van der Waals surface area contributed by atoms with E-state index in [0.29, 0.717) is 17.0 Å². The van der Waals surface area contributed by atoms with Crippen LogP contribution >= 0.6 is 34.5 Å². The second kappa shape index (κ2) is 8.20. The summed E-state index contributed by atoms with van der Waals surface area (Å²) < 4.78 is 2.04. The molecule has 0 amide bonds. The number of imidazole rings is 1. The van der Waals surface area contributed by atoms with Gasteiger partial charge >= 0.3 is 0 Å². The molecule has 5 aromatic rings. The van der Waals surface area contributed by atoms with Gasteiger partial charge in [0.2, 0.25) is 0 Å². The summed E-state index contributed by atoms with van der Waals surface area (Å²) in [7, 11) is 0. The van der Waals surface area contributed by atoms with Gasteiger partial charge in [0.1, 0.15) is 10.7 Å². The van der Waals surface area contributed by atoms with Crippen molar-refractivity contribution in [1.82, 2.24) is 9.55 Å². The second-order valence-corrected chi connectivity index (χ2v) is 10.0. The van der Waals surface area contributed by atoms with E-state index in [0.717, 1.165) is 26.5 Å². The molecule has 0 saturated carbocycles. The molecule has 166 valence electrons. The number of carbonyl (C=O) groups excluding carboxylic acids is 2. The summed E-state index contributed by atoms with van der Waals surface area (Å²) >= 11 is 13.8. The maximum atomic E-state index is 13.2. The highest BCUT2D eigenvalue weighted by Gasteiger charge is 2.40. The van der Waals surface area contributed by atoms with E-state index in [9.17, 15) is 9.59 Å². The van der Waals surface area contributed by atoms with Crippen LogP contribution in [0.5, 0.6) is 0 Å². The topological polar surface area (TPSA) is 52.0 Å². The van der Waals surface area contributed by atoms with E-state index in [1.54, 1.807) is 11.3 Å². The molecule has 3 aromatic carbocycles. The number of benzene rings is 3. The third kappa shape index (κ3) is 3.40. The van der Waals surface area contributed by atoms with Crippen LogP contribution in [0, 0.1) is 5.92 Å². The number of para-hydroxylation sites is 1. The van der Waals surface area contributed by atoms with Crippen LogP contribution in [0.15, 0.2) is 78.9 Å². The predicted octanol–water partition coefficient (Wildman–Crippen LogP) is 7.30. The van der Waals surface area contributed by atoms with Gasteiger partial charge in [0, 0.05) is 28.1 Å². The summed E-state index contributed by atoms with van der Waals surface area (Å²) in [5.41, 5.74) is 3.66. The van der Waals surface area contributed by atoms with Crippen molar-refractivity contribution < 1.29 is 9.59 Å². The van der Waals surface area contributed by atoms with Crippen molar-refractivity contribution in [1.29, 1.82) is 0 Å². The third-order valence-corrected chi connectivity index (χ3v) is 7.90. The second-order valence-electron chi connectivity index (χ2n) is 8.16. The van der Waals surface area contributed by atoms with Crippen molar-refractivity contribution in [3.05, 3.63) is 106 Å². The van der Waals surface area contributed by atoms with Crippen molar-refractivity contribution >= 4 is 56.5 Å². The molecular formula is C27H16Cl2N2O2S. The molecule has 0 unspecified atom stereocenters. The van der Waals surface area contributed by atoms with E-state index in [2.05, 4.69) is 18.2 Å². The molecule has 2 aromatic heterocycles. The lowest BCUT2D eigenvalue weighted by Gasteiger charge is -2.11. The number of carbonyl (C=O) groups is 2. The summed E-state index contributed by atoms with van der Waals surface area (Å²) in [6, 6.07) is 25.1. The molecule has 0 fully saturated rings. The molecule has 0 N–H and O–H groups in total. The lowest BCUT2D eigenvalue weighted by atomic mass is 9.99. The fourth-order valence-electron chi connectivity index (χ4n) is 4.48. The number of ketones is 2. The number of Topliss-reactive ketones (excluding diaryl/α,β-unsaturated/α-hetero) is 2. The van der Waals surface area contributed by atoms with E-state index in [1.807, 2.05) is 53.1 Å². The van der Waals surface area contributed by atoms with Crippen LogP contribution in [0.4, 0.5) is 0 Å². The first-order chi connectivity index (χ1) is 16.5. The molecule has 0 spiro atoms. The van der Waals surface area contributed by atoms with E-state index in [1.165, 1.54) is 12.1 Å². The zero-order valence-electron chi connectivity index (χ0n) is 17.7. The van der Waals surface area contributed by atoms with Crippen molar-refractivity contribution in [2.45, 2.75) is 6.42 Å². The van der Waals surface area contributed by atoms with Crippen LogP contribution in [-0.4, -0.2) is 21.1 Å². The smallest absolute Gasteiger partial charge is 0.174 e. The predicted molar refractivity (Wildman–Crippen MR) is 137 cm³/mol. The average molecular weight is 503 g/mol. The Morgan fingerprint density at radius 1 is 0.824 bits per heavy atom. The van der Waals surface area contributed by atoms with Gasteiger partial charge in [-0.2, -0.15) is 0 Å². The van der Waals surface area contributed by atoms with Crippen LogP contribution in [0.2, 0.25) is 10.0 Å². The fourth-order valence-corrected chi connectivity index (χ4v) is 5.85. The molecule has 1 aliphatic carbocycles. The maximum Gasteiger partial charge on any atom is 0.174 e. The number of hydrogen-bond acceptors (Lipinski definition) is 4. The normalized spacial score (nSPS) is 13.7. The lowest BCUT2D eigenvalue weighted by Crippen LogP contribution is -2.20. The van der Waals surface area contributed by atoms with Gasteiger partial charge in [0.05, 0.1) is 21.5 Å². The van der Waals surface area contributed by atoms with E-state index in [4.69, 9.17) is 28.2 Å². The number of hydrogen-bond donors (Lipinski definition) is 0. The SMILES string of the molecule is O=C1c2cc(Cl)c(Cl)cc2C(=O)C1Cc1nc2sc(-c3ccccc3)cc2n1-c1ccccc1. The summed E-state index contributed by atoms with van der Waals surface area (Å²) in [5.74, 6) is -0.662. The van der Waals surface area contributed by atoms with Gasteiger partial charge in [-0.25, -0.2) is 4.98 Å². The Bertz CT molecular complexity index is 1550. The lowest BCUT2D eigenvalue weighted by molar-refractivity contribution is 0.0836. The van der Waals surface area contributed by atoms with Crippen molar-refractivity contribution in [2.24, 2.45) is 5.92 Å². The van der Waals surface area contributed by atoms with Crippen LogP contribution in [-0.2, 0) is 6.42 Å². The maximum absolute atomic E-state index is 13.2. The number of fused-ring (bicyclic) bond motifs is 2. The Morgan fingerprint density at radius 3 is 2.03 bits per heavy atom. The minimum Gasteiger partial charge on any atom is -0.295 e. The first-order valence-corrected chi connectivity index (χ1v) is 12.3. The highest BCUT2D eigenvalue weighted by molar-refractivity contribution is 7.21. The molecule has 0 radical (unpaired) electrons. The monoisotopic (exact) mass is 502 g/mol. The number of halogens is 2. The first kappa shape index (κ1) is 21.3. The van der Waals surface area contributed by atoms with Crippen LogP contribution in [0.3, 0.4) is 0 Å². The van der Waals surface area contributed by atoms with Crippen molar-refractivity contribution in [2.75, 3.05) is 0 Å². The van der Waals surface area contributed by atoms with Crippen LogP contribution in [0.1, 0.15) is 26.5 Å². The van der Waals surface area contributed by atoms with E-state index < -0.39 is 5.92 Å². The summed E-state index contributed by atoms with van der Waals surface area (Å²) in [5, 5.41) is 0.531. The standard InChI is InChI=1S/C27H16Cl2N2O2S/c28-20-11-17-18(12-21(20)29)26(33)19(25(17)32)13-24-30-27-22(31(24)16-9-5-2-6-10-16)14-23(34-27)15-7-3-1-4-8-15/h1-12,14,19H,13H2. The highest BCUT2D eigenvalue weighted by Crippen LogP contribution is 2.38. The Labute approximate surface area is 209 Å². The molecule has 2 heterocycles. The largest absolute Gasteiger partial charge is 0.295 e. The van der Waals surface area contributed by atoms with E-state index in [-0.39, 0.29) is 28.0 Å². The van der Waals surface area contributed by atoms with Gasteiger partial charge in [-0.3, -0.25) is 14.2 Å². The Kier molecular flexibility index (Phi) is 5.14. The summed E-state index contributed by atoms with van der Waals surface area (Å²) in [6.07, 6.45) is 0.193. The molecular weight excluding hydrogens is 487 g/mol. The fraction of sp³-hybridized carbons (Fsp3) is 0.0741. The summed E-state index contributed by atoms with van der Waals surface area (Å²) in [4.78, 5) is 33.2. The van der Waals surface area contributed by atoms with Crippen LogP contribution in [0.25, 0.3) is 26.5 Å². The number of nitrogens with zero attached hydrogens (tertiary/aromatic N) is 2. The van der Waals surface area contributed by atoms with Gasteiger partial charge < -0.3 is 0 Å².